The molecule has 0 aliphatic heterocycles. The first-order valence-electron chi connectivity index (χ1n) is 4.89. The molecule has 0 radical (unpaired) electrons. The van der Waals surface area contributed by atoms with Gasteiger partial charge in [-0.1, -0.05) is 11.6 Å². The van der Waals surface area contributed by atoms with Crippen LogP contribution in [0.2, 0.25) is 5.02 Å². The van der Waals surface area contributed by atoms with E-state index in [1.54, 1.807) is 0 Å². The van der Waals surface area contributed by atoms with Gasteiger partial charge in [-0.25, -0.2) is 13.2 Å². The zero-order valence-electron chi connectivity index (χ0n) is 9.86. The van der Waals surface area contributed by atoms with Crippen molar-refractivity contribution in [3.63, 3.8) is 0 Å². The van der Waals surface area contributed by atoms with Gasteiger partial charge < -0.3 is 9.84 Å². The van der Waals surface area contributed by atoms with Gasteiger partial charge in [0.2, 0.25) is 0 Å². The van der Waals surface area contributed by atoms with E-state index < -0.39 is 49.8 Å². The number of aromatic carboxylic acids is 1. The number of carbonyl (C=O) groups is 1. The lowest BCUT2D eigenvalue weighted by molar-refractivity contribution is -0.153. The van der Waals surface area contributed by atoms with Crippen molar-refractivity contribution in [1.82, 2.24) is 0 Å². The third-order valence-electron chi connectivity index (χ3n) is 2.05. The van der Waals surface area contributed by atoms with E-state index in [0.717, 1.165) is 12.1 Å². The summed E-state index contributed by atoms with van der Waals surface area (Å²) >= 11 is 5.59. The lowest BCUT2D eigenvalue weighted by Gasteiger charge is -2.15. The van der Waals surface area contributed by atoms with E-state index in [-0.39, 0.29) is 0 Å². The maximum absolute atomic E-state index is 12.1. The Bertz CT molecular complexity index is 639. The number of halogens is 4. The normalized spacial score (nSPS) is 12.2. The zero-order chi connectivity index (χ0) is 15.7. The van der Waals surface area contributed by atoms with Crippen molar-refractivity contribution >= 4 is 27.4 Å². The lowest BCUT2D eigenvalue weighted by atomic mass is 10.2. The third kappa shape index (κ3) is 4.01. The molecule has 0 spiro atoms. The van der Waals surface area contributed by atoms with E-state index in [4.69, 9.17) is 16.7 Å². The largest absolute Gasteiger partial charge is 0.481 e. The Morgan fingerprint density at radius 3 is 2.35 bits per heavy atom. The number of benzene rings is 1. The minimum Gasteiger partial charge on any atom is -0.481 e. The van der Waals surface area contributed by atoms with Gasteiger partial charge in [-0.15, -0.1) is 0 Å². The number of carboxylic acids is 1. The van der Waals surface area contributed by atoms with Gasteiger partial charge in [0.25, 0.3) is 0 Å². The van der Waals surface area contributed by atoms with Gasteiger partial charge in [0, 0.05) is 6.26 Å². The molecular weight excluding hydrogens is 325 g/mol. The Balaban J connectivity index is 3.49. The van der Waals surface area contributed by atoms with Crippen LogP contribution < -0.4 is 4.74 Å². The summed E-state index contributed by atoms with van der Waals surface area (Å²) in [4.78, 5) is 10.1. The maximum atomic E-state index is 12.1. The molecule has 1 aromatic rings. The summed E-state index contributed by atoms with van der Waals surface area (Å²) in [6, 6.07) is 1.83. The van der Waals surface area contributed by atoms with Crippen molar-refractivity contribution in [3.05, 3.63) is 22.7 Å². The SMILES string of the molecule is CS(=O)(=O)c1c(C(=O)O)ccc(Cl)c1OCC(F)(F)F. The number of carboxylic acid groups (broad SMARTS) is 1. The van der Waals surface area contributed by atoms with Gasteiger partial charge in [-0.05, 0) is 12.1 Å². The van der Waals surface area contributed by atoms with Crippen LogP contribution in [-0.2, 0) is 9.84 Å². The molecule has 1 aromatic carbocycles. The highest BCUT2D eigenvalue weighted by Gasteiger charge is 2.32. The molecule has 0 aromatic heterocycles. The zero-order valence-corrected chi connectivity index (χ0v) is 11.4. The van der Waals surface area contributed by atoms with Crippen LogP contribution >= 0.6 is 11.6 Å². The van der Waals surface area contributed by atoms with Gasteiger partial charge in [0.05, 0.1) is 10.6 Å². The third-order valence-corrected chi connectivity index (χ3v) is 3.49. The molecule has 0 saturated carbocycles. The Labute approximate surface area is 116 Å². The van der Waals surface area contributed by atoms with Gasteiger partial charge in [0.15, 0.2) is 22.2 Å². The van der Waals surface area contributed by atoms with E-state index in [0.29, 0.717) is 6.26 Å². The molecule has 20 heavy (non-hydrogen) atoms. The van der Waals surface area contributed by atoms with Crippen LogP contribution in [0, 0.1) is 0 Å². The molecule has 0 saturated heterocycles. The summed E-state index contributed by atoms with van der Waals surface area (Å²) in [6.45, 7) is -1.79. The van der Waals surface area contributed by atoms with E-state index in [1.807, 2.05) is 0 Å². The van der Waals surface area contributed by atoms with Crippen molar-refractivity contribution < 1.29 is 36.2 Å². The molecule has 0 heterocycles. The lowest BCUT2D eigenvalue weighted by Crippen LogP contribution is -2.21. The summed E-state index contributed by atoms with van der Waals surface area (Å²) in [7, 11) is -4.16. The number of hydrogen-bond acceptors (Lipinski definition) is 4. The van der Waals surface area contributed by atoms with Crippen LogP contribution in [0.5, 0.6) is 5.75 Å². The number of ether oxygens (including phenoxy) is 1. The van der Waals surface area contributed by atoms with Gasteiger partial charge in [-0.2, -0.15) is 13.2 Å². The molecular formula is C10H8ClF3O5S. The van der Waals surface area contributed by atoms with Gasteiger partial charge >= 0.3 is 12.1 Å². The fourth-order valence-electron chi connectivity index (χ4n) is 1.36. The van der Waals surface area contributed by atoms with Gasteiger partial charge in [-0.3, -0.25) is 0 Å². The first-order chi connectivity index (χ1) is 8.93. The summed E-state index contributed by atoms with van der Waals surface area (Å²) in [5.74, 6) is -2.45. The second-order valence-electron chi connectivity index (χ2n) is 3.73. The monoisotopic (exact) mass is 332 g/mol. The number of hydrogen-bond donors (Lipinski definition) is 1. The van der Waals surface area contributed by atoms with Crippen molar-refractivity contribution in [2.24, 2.45) is 0 Å². The van der Waals surface area contributed by atoms with Crippen molar-refractivity contribution in [3.8, 4) is 5.75 Å². The molecule has 0 amide bonds. The minimum atomic E-state index is -4.72. The molecule has 0 aliphatic rings. The summed E-state index contributed by atoms with van der Waals surface area (Å²) in [5.41, 5.74) is -0.714. The molecule has 10 heteroatoms. The maximum Gasteiger partial charge on any atom is 0.422 e. The highest BCUT2D eigenvalue weighted by molar-refractivity contribution is 7.91. The molecule has 112 valence electrons. The molecule has 0 bridgehead atoms. The molecule has 5 nitrogen and oxygen atoms in total. The van der Waals surface area contributed by atoms with Crippen LogP contribution in [0.3, 0.4) is 0 Å². The topological polar surface area (TPSA) is 80.7 Å². The number of sulfone groups is 1. The van der Waals surface area contributed by atoms with Crippen molar-refractivity contribution in [1.29, 1.82) is 0 Å². The highest BCUT2D eigenvalue weighted by atomic mass is 35.5. The van der Waals surface area contributed by atoms with Crippen LogP contribution in [0.25, 0.3) is 0 Å². The van der Waals surface area contributed by atoms with Crippen LogP contribution in [0.4, 0.5) is 13.2 Å². The van der Waals surface area contributed by atoms with E-state index in [2.05, 4.69) is 4.74 Å². The first kappa shape index (κ1) is 16.6. The number of alkyl halides is 3. The summed E-state index contributed by atoms with van der Waals surface area (Å²) in [6.07, 6.45) is -4.08. The molecule has 0 unspecified atom stereocenters. The quantitative estimate of drug-likeness (QED) is 0.915. The second kappa shape index (κ2) is 5.49. The van der Waals surface area contributed by atoms with Crippen LogP contribution in [0.1, 0.15) is 10.4 Å². The predicted molar refractivity (Wildman–Crippen MR) is 63.1 cm³/mol. The standard InChI is InChI=1S/C10H8ClF3O5S/c1-20(17,18)8-5(9(15)16)2-3-6(11)7(8)19-4-10(12,13)14/h2-3H,4H2,1H3,(H,15,16). The molecule has 0 aliphatic carbocycles. The van der Waals surface area contributed by atoms with Gasteiger partial charge in [0.1, 0.15) is 4.90 Å². The van der Waals surface area contributed by atoms with E-state index in [1.165, 1.54) is 0 Å². The fraction of sp³-hybridized carbons (Fsp3) is 0.300. The summed E-state index contributed by atoms with van der Waals surface area (Å²) in [5, 5.41) is 8.46. The average Bonchev–Trinajstić information content (AvgIpc) is 2.23. The molecule has 1 N–H and O–H groups in total. The Morgan fingerprint density at radius 1 is 1.40 bits per heavy atom. The minimum absolute atomic E-state index is 0.431. The predicted octanol–water partition coefficient (Wildman–Crippen LogP) is 2.38. The molecule has 1 rings (SSSR count). The first-order valence-corrected chi connectivity index (χ1v) is 7.16. The Kier molecular flexibility index (Phi) is 4.55. The van der Waals surface area contributed by atoms with Crippen molar-refractivity contribution in [2.45, 2.75) is 11.1 Å². The fourth-order valence-corrected chi connectivity index (χ4v) is 2.69. The average molecular weight is 333 g/mol. The number of rotatable bonds is 4. The van der Waals surface area contributed by atoms with E-state index in [9.17, 15) is 26.4 Å². The Hall–Kier alpha value is -1.48. The molecule has 0 atom stereocenters. The second-order valence-corrected chi connectivity index (χ2v) is 6.09. The summed E-state index contributed by atoms with van der Waals surface area (Å²) < 4.78 is 63.9. The van der Waals surface area contributed by atoms with Crippen LogP contribution in [0.15, 0.2) is 17.0 Å². The highest BCUT2D eigenvalue weighted by Crippen LogP contribution is 2.36. The smallest absolute Gasteiger partial charge is 0.422 e. The Morgan fingerprint density at radius 2 is 1.95 bits per heavy atom. The van der Waals surface area contributed by atoms with E-state index >= 15 is 0 Å². The van der Waals surface area contributed by atoms with Crippen LogP contribution in [-0.4, -0.2) is 38.5 Å². The van der Waals surface area contributed by atoms with Crippen molar-refractivity contribution in [2.75, 3.05) is 12.9 Å². The molecule has 0 fully saturated rings.